The highest BCUT2D eigenvalue weighted by Gasteiger charge is 2.48. The lowest BCUT2D eigenvalue weighted by Crippen LogP contribution is -2.55. The molecule has 2 aliphatic heterocycles. The molecule has 2 fully saturated rings. The Kier molecular flexibility index (Phi) is 3.12. The van der Waals surface area contributed by atoms with Gasteiger partial charge in [-0.15, -0.1) is 0 Å². The summed E-state index contributed by atoms with van der Waals surface area (Å²) < 4.78 is 0. The van der Waals surface area contributed by atoms with E-state index in [0.717, 1.165) is 0 Å². The number of aromatic nitrogens is 1. The van der Waals surface area contributed by atoms with Gasteiger partial charge in [-0.2, -0.15) is 0 Å². The van der Waals surface area contributed by atoms with E-state index in [9.17, 15) is 14.4 Å². The van der Waals surface area contributed by atoms with Crippen molar-refractivity contribution in [2.45, 2.75) is 25.3 Å². The highest BCUT2D eigenvalue weighted by atomic mass is 16.2. The molecule has 0 saturated carbocycles. The lowest BCUT2D eigenvalue weighted by atomic mass is 9.87. The molecule has 7 nitrogen and oxygen atoms in total. The summed E-state index contributed by atoms with van der Waals surface area (Å²) in [4.78, 5) is 41.4. The number of likely N-dealkylation sites (tertiary alicyclic amines) is 1. The van der Waals surface area contributed by atoms with E-state index in [4.69, 9.17) is 0 Å². The van der Waals surface area contributed by atoms with Gasteiger partial charge in [-0.25, -0.2) is 4.79 Å². The first-order valence-electron chi connectivity index (χ1n) is 6.86. The Bertz CT molecular complexity index is 620. The largest absolute Gasteiger partial charge is 0.338 e. The molecule has 0 atom stereocenters. The van der Waals surface area contributed by atoms with Crippen LogP contribution in [-0.2, 0) is 4.79 Å². The summed E-state index contributed by atoms with van der Waals surface area (Å²) in [7, 11) is 0. The molecule has 21 heavy (non-hydrogen) atoms. The smallest absolute Gasteiger partial charge is 0.322 e. The highest BCUT2D eigenvalue weighted by molar-refractivity contribution is 6.07. The molecule has 4 amide bonds. The van der Waals surface area contributed by atoms with Gasteiger partial charge >= 0.3 is 6.03 Å². The van der Waals surface area contributed by atoms with E-state index in [2.05, 4.69) is 15.6 Å². The molecule has 3 rings (SSSR count). The number of nitrogens with one attached hydrogen (secondary N) is 2. The van der Waals surface area contributed by atoms with E-state index in [1.165, 1.54) is 0 Å². The molecular formula is C14H16N4O3. The SMILES string of the molecule is Cc1ncccc1C(=O)N1CCC2(CC1)NC(=O)NC2=O. The van der Waals surface area contributed by atoms with Crippen LogP contribution in [0.3, 0.4) is 0 Å². The maximum atomic E-state index is 12.5. The zero-order chi connectivity index (χ0) is 15.0. The van der Waals surface area contributed by atoms with Crippen LogP contribution in [0.2, 0.25) is 0 Å². The van der Waals surface area contributed by atoms with Gasteiger partial charge in [0, 0.05) is 25.0 Å². The number of urea groups is 1. The van der Waals surface area contributed by atoms with Crippen molar-refractivity contribution in [2.24, 2.45) is 0 Å². The number of pyridine rings is 1. The number of hydrogen-bond acceptors (Lipinski definition) is 4. The number of carbonyl (C=O) groups excluding carboxylic acids is 3. The van der Waals surface area contributed by atoms with E-state index in [1.807, 2.05) is 0 Å². The highest BCUT2D eigenvalue weighted by Crippen LogP contribution is 2.26. The lowest BCUT2D eigenvalue weighted by Gasteiger charge is -2.37. The molecule has 0 bridgehead atoms. The number of aryl methyl sites for hydroxylation is 1. The summed E-state index contributed by atoms with van der Waals surface area (Å²) in [5, 5.41) is 4.94. The predicted octanol–water partition coefficient (Wildman–Crippen LogP) is 0.204. The standard InChI is InChI=1S/C14H16N4O3/c1-9-10(3-2-6-15-9)11(19)18-7-4-14(5-8-18)12(20)16-13(21)17-14/h2-3,6H,4-5,7-8H2,1H3,(H2,16,17,20,21). The fraction of sp³-hybridized carbons (Fsp3) is 0.429. The van der Waals surface area contributed by atoms with Gasteiger partial charge in [-0.3, -0.25) is 19.9 Å². The van der Waals surface area contributed by atoms with Crippen LogP contribution < -0.4 is 10.6 Å². The Hall–Kier alpha value is -2.44. The van der Waals surface area contributed by atoms with Crippen molar-refractivity contribution in [3.05, 3.63) is 29.6 Å². The number of imide groups is 1. The monoisotopic (exact) mass is 288 g/mol. The van der Waals surface area contributed by atoms with Gasteiger partial charge in [0.25, 0.3) is 11.8 Å². The summed E-state index contributed by atoms with van der Waals surface area (Å²) in [6.07, 6.45) is 2.50. The molecule has 2 N–H and O–H groups in total. The van der Waals surface area contributed by atoms with Crippen molar-refractivity contribution >= 4 is 17.8 Å². The Morgan fingerprint density at radius 3 is 2.62 bits per heavy atom. The minimum absolute atomic E-state index is 0.0832. The van der Waals surface area contributed by atoms with Crippen molar-refractivity contribution in [1.29, 1.82) is 0 Å². The van der Waals surface area contributed by atoms with E-state index in [0.29, 0.717) is 37.2 Å². The van der Waals surface area contributed by atoms with E-state index in [-0.39, 0.29) is 11.8 Å². The summed E-state index contributed by atoms with van der Waals surface area (Å²) in [6.45, 7) is 2.66. The number of amides is 4. The molecule has 110 valence electrons. The predicted molar refractivity (Wildman–Crippen MR) is 73.5 cm³/mol. The van der Waals surface area contributed by atoms with Crippen molar-refractivity contribution in [3.8, 4) is 0 Å². The number of nitrogens with zero attached hydrogens (tertiary/aromatic N) is 2. The summed E-state index contributed by atoms with van der Waals surface area (Å²) in [6, 6.07) is 3.03. The topological polar surface area (TPSA) is 91.4 Å². The molecule has 0 aliphatic carbocycles. The molecule has 3 heterocycles. The molecule has 2 saturated heterocycles. The van der Waals surface area contributed by atoms with Crippen LogP contribution in [0.4, 0.5) is 4.79 Å². The van der Waals surface area contributed by atoms with Crippen LogP contribution >= 0.6 is 0 Å². The van der Waals surface area contributed by atoms with Crippen molar-refractivity contribution in [2.75, 3.05) is 13.1 Å². The average molecular weight is 288 g/mol. The number of hydrogen-bond donors (Lipinski definition) is 2. The third-order valence-corrected chi connectivity index (χ3v) is 4.16. The molecule has 0 unspecified atom stereocenters. The number of carbonyl (C=O) groups is 3. The van der Waals surface area contributed by atoms with Gasteiger partial charge in [-0.1, -0.05) is 0 Å². The van der Waals surface area contributed by atoms with Crippen LogP contribution in [0.25, 0.3) is 0 Å². The maximum absolute atomic E-state index is 12.5. The van der Waals surface area contributed by atoms with Crippen LogP contribution in [0, 0.1) is 6.92 Å². The first-order valence-corrected chi connectivity index (χ1v) is 6.86. The third-order valence-electron chi connectivity index (χ3n) is 4.16. The number of piperidine rings is 1. The second-order valence-corrected chi connectivity index (χ2v) is 5.42. The van der Waals surface area contributed by atoms with Gasteiger partial charge in [0.15, 0.2) is 0 Å². The Balaban J connectivity index is 1.72. The minimum atomic E-state index is -0.849. The first kappa shape index (κ1) is 13.5. The van der Waals surface area contributed by atoms with Crippen molar-refractivity contribution in [1.82, 2.24) is 20.5 Å². The van der Waals surface area contributed by atoms with Gasteiger partial charge in [0.2, 0.25) is 0 Å². The van der Waals surface area contributed by atoms with Crippen molar-refractivity contribution in [3.63, 3.8) is 0 Å². The summed E-state index contributed by atoms with van der Waals surface area (Å²) in [5.41, 5.74) is 0.417. The third kappa shape index (κ3) is 2.24. The fourth-order valence-electron chi connectivity index (χ4n) is 2.85. The van der Waals surface area contributed by atoms with Crippen LogP contribution in [0.15, 0.2) is 18.3 Å². The van der Waals surface area contributed by atoms with Gasteiger partial charge in [0.05, 0.1) is 5.56 Å². The maximum Gasteiger partial charge on any atom is 0.322 e. The zero-order valence-corrected chi connectivity index (χ0v) is 11.7. The molecule has 1 aromatic rings. The summed E-state index contributed by atoms with van der Waals surface area (Å²) >= 11 is 0. The molecule has 0 aromatic carbocycles. The Morgan fingerprint density at radius 1 is 1.33 bits per heavy atom. The molecule has 1 aromatic heterocycles. The molecule has 0 radical (unpaired) electrons. The molecule has 2 aliphatic rings. The second kappa shape index (κ2) is 4.83. The van der Waals surface area contributed by atoms with E-state index < -0.39 is 11.6 Å². The minimum Gasteiger partial charge on any atom is -0.338 e. The van der Waals surface area contributed by atoms with Crippen LogP contribution in [0.5, 0.6) is 0 Å². The normalized spacial score (nSPS) is 20.3. The zero-order valence-electron chi connectivity index (χ0n) is 11.7. The fourth-order valence-corrected chi connectivity index (χ4v) is 2.85. The number of rotatable bonds is 1. The van der Waals surface area contributed by atoms with E-state index >= 15 is 0 Å². The van der Waals surface area contributed by atoms with Gasteiger partial charge in [-0.05, 0) is 31.9 Å². The van der Waals surface area contributed by atoms with Crippen LogP contribution in [0.1, 0.15) is 28.9 Å². The van der Waals surface area contributed by atoms with Crippen LogP contribution in [-0.4, -0.2) is 46.4 Å². The Morgan fingerprint density at radius 2 is 2.05 bits per heavy atom. The van der Waals surface area contributed by atoms with Gasteiger partial charge in [0.1, 0.15) is 5.54 Å². The quantitative estimate of drug-likeness (QED) is 0.722. The Labute approximate surface area is 121 Å². The average Bonchev–Trinajstić information content (AvgIpc) is 2.74. The van der Waals surface area contributed by atoms with Crippen molar-refractivity contribution < 1.29 is 14.4 Å². The lowest BCUT2D eigenvalue weighted by molar-refractivity contribution is -0.125. The molecule has 7 heteroatoms. The van der Waals surface area contributed by atoms with Gasteiger partial charge < -0.3 is 10.2 Å². The second-order valence-electron chi connectivity index (χ2n) is 5.42. The summed E-state index contributed by atoms with van der Waals surface area (Å²) in [5.74, 6) is -0.377. The first-order chi connectivity index (χ1) is 10.0. The van der Waals surface area contributed by atoms with E-state index in [1.54, 1.807) is 30.2 Å². The molecule has 1 spiro atoms. The molecular weight excluding hydrogens is 272 g/mol.